The number of rotatable bonds is 6. The number of aliphatic hydroxyl groups is 1. The highest BCUT2D eigenvalue weighted by Crippen LogP contribution is 1.92. The Morgan fingerprint density at radius 2 is 2.08 bits per heavy atom. The summed E-state index contributed by atoms with van der Waals surface area (Å²) in [6, 6.07) is 0. The third-order valence-corrected chi connectivity index (χ3v) is 1.28. The van der Waals surface area contributed by atoms with Gasteiger partial charge in [0, 0.05) is 0 Å². The van der Waals surface area contributed by atoms with Crippen LogP contribution in [-0.2, 0) is 14.3 Å². The van der Waals surface area contributed by atoms with Gasteiger partial charge in [-0.25, -0.2) is 0 Å². The molecule has 0 heterocycles. The summed E-state index contributed by atoms with van der Waals surface area (Å²) in [5.74, 6) is -1.06. The van der Waals surface area contributed by atoms with Crippen LogP contribution in [-0.4, -0.2) is 30.1 Å². The lowest BCUT2D eigenvalue weighted by Gasteiger charge is -2.01. The zero-order valence-electron chi connectivity index (χ0n) is 7.21. The van der Waals surface area contributed by atoms with Crippen LogP contribution in [0.25, 0.3) is 0 Å². The monoisotopic (exact) mass is 174 g/mol. The molecular formula is C8H14O4. The maximum atomic E-state index is 10.7. The Balaban J connectivity index is 3.40. The number of ketones is 1. The standard InChI is InChI=1S/C8H14O4/c1-2-3-4-12-8(11)5-7(10)6-9/h9H,2-6H2,1H3. The van der Waals surface area contributed by atoms with Crippen LogP contribution in [0.4, 0.5) is 0 Å². The number of aliphatic hydroxyl groups excluding tert-OH is 1. The molecule has 0 spiro atoms. The van der Waals surface area contributed by atoms with E-state index in [1.165, 1.54) is 0 Å². The minimum atomic E-state index is -0.594. The zero-order chi connectivity index (χ0) is 9.40. The van der Waals surface area contributed by atoms with Crippen molar-refractivity contribution in [2.75, 3.05) is 13.2 Å². The quantitative estimate of drug-likeness (QED) is 0.357. The molecule has 0 aliphatic rings. The van der Waals surface area contributed by atoms with Crippen LogP contribution in [0.2, 0.25) is 0 Å². The van der Waals surface area contributed by atoms with Gasteiger partial charge in [-0.05, 0) is 6.42 Å². The molecule has 0 atom stereocenters. The molecule has 0 radical (unpaired) electrons. The molecule has 0 saturated heterocycles. The molecule has 1 N–H and O–H groups in total. The number of hydrogen-bond acceptors (Lipinski definition) is 4. The van der Waals surface area contributed by atoms with E-state index >= 15 is 0 Å². The van der Waals surface area contributed by atoms with Crippen LogP contribution in [0.1, 0.15) is 26.2 Å². The first-order chi connectivity index (χ1) is 5.70. The molecule has 0 aromatic rings. The minimum Gasteiger partial charge on any atom is -0.465 e. The molecule has 0 aliphatic heterocycles. The lowest BCUT2D eigenvalue weighted by Crippen LogP contribution is -2.14. The van der Waals surface area contributed by atoms with Crippen molar-refractivity contribution in [3.05, 3.63) is 0 Å². The lowest BCUT2D eigenvalue weighted by atomic mass is 10.3. The Labute approximate surface area is 71.5 Å². The Morgan fingerprint density at radius 3 is 2.58 bits per heavy atom. The first kappa shape index (κ1) is 11.1. The number of unbranched alkanes of at least 4 members (excludes halogenated alkanes) is 1. The SMILES string of the molecule is CCCCOC(=O)CC(=O)CO. The van der Waals surface area contributed by atoms with Gasteiger partial charge in [-0.1, -0.05) is 13.3 Å². The molecule has 0 saturated carbocycles. The van der Waals surface area contributed by atoms with Gasteiger partial charge in [-0.15, -0.1) is 0 Å². The van der Waals surface area contributed by atoms with Gasteiger partial charge in [0.05, 0.1) is 6.61 Å². The van der Waals surface area contributed by atoms with Crippen LogP contribution in [0.3, 0.4) is 0 Å². The third-order valence-electron chi connectivity index (χ3n) is 1.28. The number of Topliss-reactive ketones (excluding diaryl/α,β-unsaturated/α-hetero) is 1. The molecule has 0 aliphatic carbocycles. The van der Waals surface area contributed by atoms with Crippen molar-refractivity contribution in [3.8, 4) is 0 Å². The molecule has 12 heavy (non-hydrogen) atoms. The molecule has 0 bridgehead atoms. The van der Waals surface area contributed by atoms with E-state index in [2.05, 4.69) is 4.74 Å². The summed E-state index contributed by atoms with van der Waals surface area (Å²) in [5.41, 5.74) is 0. The lowest BCUT2D eigenvalue weighted by molar-refractivity contribution is -0.146. The normalized spacial score (nSPS) is 9.50. The topological polar surface area (TPSA) is 63.6 Å². The molecule has 4 nitrogen and oxygen atoms in total. The van der Waals surface area contributed by atoms with E-state index in [0.29, 0.717) is 6.61 Å². The van der Waals surface area contributed by atoms with Gasteiger partial charge >= 0.3 is 5.97 Å². The van der Waals surface area contributed by atoms with Gasteiger partial charge < -0.3 is 9.84 Å². The van der Waals surface area contributed by atoms with Crippen LogP contribution in [0.15, 0.2) is 0 Å². The van der Waals surface area contributed by atoms with E-state index < -0.39 is 18.4 Å². The van der Waals surface area contributed by atoms with Gasteiger partial charge in [0.15, 0.2) is 5.78 Å². The van der Waals surface area contributed by atoms with Crippen molar-refractivity contribution in [1.82, 2.24) is 0 Å². The van der Waals surface area contributed by atoms with Gasteiger partial charge in [0.1, 0.15) is 13.0 Å². The molecule has 0 amide bonds. The molecule has 0 rings (SSSR count). The molecule has 0 unspecified atom stereocenters. The highest BCUT2D eigenvalue weighted by molar-refractivity contribution is 5.96. The fourth-order valence-electron chi connectivity index (χ4n) is 0.598. The molecule has 0 fully saturated rings. The van der Waals surface area contributed by atoms with E-state index in [1.54, 1.807) is 0 Å². The van der Waals surface area contributed by atoms with E-state index in [1.807, 2.05) is 6.92 Å². The zero-order valence-corrected chi connectivity index (χ0v) is 7.21. The first-order valence-electron chi connectivity index (χ1n) is 3.99. The van der Waals surface area contributed by atoms with Gasteiger partial charge in [-0.2, -0.15) is 0 Å². The number of carbonyl (C=O) groups excluding carboxylic acids is 2. The summed E-state index contributed by atoms with van der Waals surface area (Å²) < 4.78 is 4.68. The van der Waals surface area contributed by atoms with Crippen LogP contribution < -0.4 is 0 Å². The van der Waals surface area contributed by atoms with E-state index in [-0.39, 0.29) is 6.42 Å². The third kappa shape index (κ3) is 5.85. The maximum absolute atomic E-state index is 10.7. The molecule has 4 heteroatoms. The Bertz CT molecular complexity index is 153. The highest BCUT2D eigenvalue weighted by atomic mass is 16.5. The average molecular weight is 174 g/mol. The van der Waals surface area contributed by atoms with Crippen molar-refractivity contribution >= 4 is 11.8 Å². The van der Waals surface area contributed by atoms with Crippen molar-refractivity contribution < 1.29 is 19.4 Å². The van der Waals surface area contributed by atoms with E-state index in [9.17, 15) is 9.59 Å². The van der Waals surface area contributed by atoms with Crippen molar-refractivity contribution in [3.63, 3.8) is 0 Å². The second kappa shape index (κ2) is 6.79. The van der Waals surface area contributed by atoms with Gasteiger partial charge in [0.2, 0.25) is 0 Å². The minimum absolute atomic E-state index is 0.319. The van der Waals surface area contributed by atoms with Crippen LogP contribution in [0, 0.1) is 0 Å². The summed E-state index contributed by atoms with van der Waals surface area (Å²) in [7, 11) is 0. The predicted octanol–water partition coefficient (Wildman–Crippen LogP) is 0.281. The van der Waals surface area contributed by atoms with Crippen LogP contribution in [0.5, 0.6) is 0 Å². The van der Waals surface area contributed by atoms with Gasteiger partial charge in [-0.3, -0.25) is 9.59 Å². The number of esters is 1. The second-order valence-electron chi connectivity index (χ2n) is 2.45. The summed E-state index contributed by atoms with van der Waals surface area (Å²) in [6.07, 6.45) is 1.43. The predicted molar refractivity (Wildman–Crippen MR) is 42.6 cm³/mol. The number of ether oxygens (including phenoxy) is 1. The molecule has 0 aromatic heterocycles. The van der Waals surface area contributed by atoms with Crippen molar-refractivity contribution in [1.29, 1.82) is 0 Å². The number of carbonyl (C=O) groups is 2. The summed E-state index contributed by atoms with van der Waals surface area (Å²) in [6.45, 7) is 1.74. The Hall–Kier alpha value is -0.900. The summed E-state index contributed by atoms with van der Waals surface area (Å²) in [4.78, 5) is 21.2. The summed E-state index contributed by atoms with van der Waals surface area (Å²) >= 11 is 0. The fraction of sp³-hybridized carbons (Fsp3) is 0.750. The summed E-state index contributed by atoms with van der Waals surface area (Å²) in [5, 5.41) is 8.30. The van der Waals surface area contributed by atoms with E-state index in [0.717, 1.165) is 12.8 Å². The highest BCUT2D eigenvalue weighted by Gasteiger charge is 2.08. The van der Waals surface area contributed by atoms with Gasteiger partial charge in [0.25, 0.3) is 0 Å². The smallest absolute Gasteiger partial charge is 0.313 e. The Kier molecular flexibility index (Phi) is 6.28. The molecule has 0 aromatic carbocycles. The second-order valence-corrected chi connectivity index (χ2v) is 2.45. The largest absolute Gasteiger partial charge is 0.465 e. The first-order valence-corrected chi connectivity index (χ1v) is 3.99. The average Bonchev–Trinajstić information content (AvgIpc) is 2.05. The van der Waals surface area contributed by atoms with E-state index in [4.69, 9.17) is 5.11 Å². The fourth-order valence-corrected chi connectivity index (χ4v) is 0.598. The molecular weight excluding hydrogens is 160 g/mol. The van der Waals surface area contributed by atoms with Crippen molar-refractivity contribution in [2.24, 2.45) is 0 Å². The van der Waals surface area contributed by atoms with Crippen LogP contribution >= 0.6 is 0 Å². The van der Waals surface area contributed by atoms with Crippen molar-refractivity contribution in [2.45, 2.75) is 26.2 Å². The maximum Gasteiger partial charge on any atom is 0.313 e. The number of hydrogen-bond donors (Lipinski definition) is 1. The molecule has 70 valence electrons. The Morgan fingerprint density at radius 1 is 1.42 bits per heavy atom.